The van der Waals surface area contributed by atoms with Crippen molar-refractivity contribution in [1.29, 1.82) is 0 Å². The average molecular weight is 607 g/mol. The summed E-state index contributed by atoms with van der Waals surface area (Å²) in [7, 11) is 0. The fourth-order valence-corrected chi connectivity index (χ4v) is 4.39. The maximum Gasteiger partial charge on any atom is 0.303 e. The zero-order valence-electron chi connectivity index (χ0n) is 23.9. The largest absolute Gasteiger partial charge is 0.481 e. The van der Waals surface area contributed by atoms with E-state index in [1.165, 1.54) is 6.07 Å². The number of carboxylic acid groups (broad SMARTS) is 1. The van der Waals surface area contributed by atoms with Gasteiger partial charge < -0.3 is 34.7 Å². The Morgan fingerprint density at radius 3 is 2.16 bits per heavy atom. The van der Waals surface area contributed by atoms with Crippen LogP contribution >= 0.6 is 0 Å². The summed E-state index contributed by atoms with van der Waals surface area (Å²) >= 11 is 0. The predicted molar refractivity (Wildman–Crippen MR) is 149 cm³/mol. The average Bonchev–Trinajstić information content (AvgIpc) is 3.23. The number of ether oxygens (including phenoxy) is 4. The van der Waals surface area contributed by atoms with E-state index in [4.69, 9.17) is 24.1 Å². The van der Waals surface area contributed by atoms with E-state index in [0.29, 0.717) is 78.1 Å². The van der Waals surface area contributed by atoms with E-state index in [1.54, 1.807) is 12.1 Å². The van der Waals surface area contributed by atoms with Crippen molar-refractivity contribution in [3.63, 3.8) is 0 Å². The van der Waals surface area contributed by atoms with Crippen molar-refractivity contribution >= 4 is 41.2 Å². The topological polar surface area (TPSA) is 199 Å². The van der Waals surface area contributed by atoms with Gasteiger partial charge in [0.25, 0.3) is 11.8 Å². The summed E-state index contributed by atoms with van der Waals surface area (Å²) in [6.07, 6.45) is 0.555. The molecule has 0 radical (unpaired) electrons. The van der Waals surface area contributed by atoms with Crippen LogP contribution in [-0.4, -0.2) is 117 Å². The highest BCUT2D eigenvalue weighted by atomic mass is 16.6. The minimum atomic E-state index is -1.02. The highest BCUT2D eigenvalue weighted by Gasteiger charge is 2.45. The molecule has 2 aliphatic heterocycles. The number of fused-ring (bicyclic) bond motifs is 1. The van der Waals surface area contributed by atoms with Gasteiger partial charge in [-0.2, -0.15) is 0 Å². The Hall–Kier alpha value is -3.92. The van der Waals surface area contributed by atoms with Crippen LogP contribution in [0.15, 0.2) is 18.2 Å². The third-order valence-corrected chi connectivity index (χ3v) is 6.50. The highest BCUT2D eigenvalue weighted by molar-refractivity contribution is 6.25. The molecule has 1 aromatic carbocycles. The number of imide groups is 2. The quantitative estimate of drug-likeness (QED) is 0.108. The number of benzene rings is 1. The highest BCUT2D eigenvalue weighted by Crippen LogP contribution is 2.32. The van der Waals surface area contributed by atoms with Gasteiger partial charge in [0, 0.05) is 38.2 Å². The van der Waals surface area contributed by atoms with Crippen molar-refractivity contribution in [3.05, 3.63) is 29.3 Å². The minimum absolute atomic E-state index is 0.0333. The van der Waals surface area contributed by atoms with Crippen LogP contribution in [0.3, 0.4) is 0 Å². The first-order chi connectivity index (χ1) is 20.8. The normalized spacial score (nSPS) is 16.3. The number of anilines is 1. The van der Waals surface area contributed by atoms with Crippen LogP contribution in [-0.2, 0) is 38.1 Å². The SMILES string of the molecule is O=C(O)CCC(=O)NCCCOCCOCCOCCOCCNc1cccc2c1C(=O)N(C1CCC(=O)NC1=O)C2=O. The van der Waals surface area contributed by atoms with Crippen LogP contribution in [0.2, 0.25) is 0 Å². The first-order valence-electron chi connectivity index (χ1n) is 14.2. The zero-order valence-corrected chi connectivity index (χ0v) is 23.9. The Kier molecular flexibility index (Phi) is 14.0. The Labute approximate surface area is 248 Å². The molecule has 5 amide bonds. The van der Waals surface area contributed by atoms with Crippen molar-refractivity contribution < 1.29 is 52.8 Å². The van der Waals surface area contributed by atoms with Crippen molar-refractivity contribution in [3.8, 4) is 0 Å². The Bertz CT molecular complexity index is 1160. The van der Waals surface area contributed by atoms with Gasteiger partial charge in [-0.05, 0) is 25.0 Å². The van der Waals surface area contributed by atoms with Crippen molar-refractivity contribution in [2.45, 2.75) is 38.1 Å². The number of carbonyl (C=O) groups excluding carboxylic acids is 5. The molecule has 0 spiro atoms. The predicted octanol–water partition coefficient (Wildman–Crippen LogP) is -0.0628. The lowest BCUT2D eigenvalue weighted by Gasteiger charge is -2.27. The number of aliphatic carboxylic acids is 1. The summed E-state index contributed by atoms with van der Waals surface area (Å²) in [5, 5.41) is 16.4. The monoisotopic (exact) mass is 606 g/mol. The molecule has 0 aromatic heterocycles. The summed E-state index contributed by atoms with van der Waals surface area (Å²) in [6.45, 7) is 3.88. The smallest absolute Gasteiger partial charge is 0.303 e. The number of hydrogen-bond acceptors (Lipinski definition) is 11. The second kappa shape index (κ2) is 17.9. The molecule has 15 nitrogen and oxygen atoms in total. The molecule has 4 N–H and O–H groups in total. The van der Waals surface area contributed by atoms with Gasteiger partial charge in [0.05, 0.1) is 63.8 Å². The summed E-state index contributed by atoms with van der Waals surface area (Å²) in [6, 6.07) is 3.85. The molecular weight excluding hydrogens is 568 g/mol. The fourth-order valence-electron chi connectivity index (χ4n) is 4.39. The minimum Gasteiger partial charge on any atom is -0.481 e. The molecule has 2 aliphatic rings. The van der Waals surface area contributed by atoms with Crippen molar-refractivity contribution in [2.24, 2.45) is 0 Å². The van der Waals surface area contributed by atoms with Gasteiger partial charge >= 0.3 is 5.97 Å². The lowest BCUT2D eigenvalue weighted by atomic mass is 10.0. The summed E-state index contributed by atoms with van der Waals surface area (Å²) < 4.78 is 21.8. The molecule has 0 aliphatic carbocycles. The van der Waals surface area contributed by atoms with Gasteiger partial charge in [0.15, 0.2) is 0 Å². The van der Waals surface area contributed by atoms with Crippen LogP contribution in [0.25, 0.3) is 0 Å². The Balaban J connectivity index is 1.18. The third kappa shape index (κ3) is 10.7. The maximum atomic E-state index is 13.1. The summed E-state index contributed by atoms with van der Waals surface area (Å²) in [4.78, 5) is 72.4. The second-order valence-electron chi connectivity index (χ2n) is 9.65. The van der Waals surface area contributed by atoms with Gasteiger partial charge in [-0.1, -0.05) is 6.07 Å². The van der Waals surface area contributed by atoms with Crippen LogP contribution < -0.4 is 16.0 Å². The van der Waals surface area contributed by atoms with E-state index in [0.717, 1.165) is 4.90 Å². The maximum absolute atomic E-state index is 13.1. The van der Waals surface area contributed by atoms with E-state index in [2.05, 4.69) is 16.0 Å². The number of nitrogens with zero attached hydrogens (tertiary/aromatic N) is 1. The first kappa shape index (κ1) is 33.6. The molecule has 43 heavy (non-hydrogen) atoms. The van der Waals surface area contributed by atoms with Gasteiger partial charge in [0.1, 0.15) is 6.04 Å². The van der Waals surface area contributed by atoms with Gasteiger partial charge in [-0.3, -0.25) is 39.0 Å². The number of nitrogens with one attached hydrogen (secondary N) is 3. The molecule has 1 fully saturated rings. The molecule has 0 saturated carbocycles. The lowest BCUT2D eigenvalue weighted by Crippen LogP contribution is -2.54. The van der Waals surface area contributed by atoms with E-state index in [1.807, 2.05) is 0 Å². The Morgan fingerprint density at radius 1 is 0.860 bits per heavy atom. The first-order valence-corrected chi connectivity index (χ1v) is 14.2. The number of piperidine rings is 1. The number of carboxylic acids is 1. The van der Waals surface area contributed by atoms with Crippen molar-refractivity contribution in [1.82, 2.24) is 15.5 Å². The number of amides is 5. The van der Waals surface area contributed by atoms with Crippen molar-refractivity contribution in [2.75, 3.05) is 71.3 Å². The summed E-state index contributed by atoms with van der Waals surface area (Å²) in [5.41, 5.74) is 0.871. The fraction of sp³-hybridized carbons (Fsp3) is 0.571. The molecule has 1 unspecified atom stereocenters. The third-order valence-electron chi connectivity index (χ3n) is 6.50. The molecule has 15 heteroatoms. The molecule has 1 saturated heterocycles. The van der Waals surface area contributed by atoms with Crippen LogP contribution in [0.1, 0.15) is 52.8 Å². The van der Waals surface area contributed by atoms with Gasteiger partial charge in [-0.25, -0.2) is 0 Å². The molecular formula is C28H38N4O11. The summed E-state index contributed by atoms with van der Waals surface area (Å²) in [5.74, 6) is -3.50. The van der Waals surface area contributed by atoms with E-state index in [-0.39, 0.29) is 42.7 Å². The Morgan fingerprint density at radius 2 is 1.51 bits per heavy atom. The van der Waals surface area contributed by atoms with E-state index < -0.39 is 35.6 Å². The molecule has 0 bridgehead atoms. The number of rotatable bonds is 21. The second-order valence-corrected chi connectivity index (χ2v) is 9.65. The van der Waals surface area contributed by atoms with Crippen LogP contribution in [0, 0.1) is 0 Å². The molecule has 236 valence electrons. The van der Waals surface area contributed by atoms with Crippen LogP contribution in [0.4, 0.5) is 5.69 Å². The number of hydrogen-bond donors (Lipinski definition) is 4. The van der Waals surface area contributed by atoms with Crippen LogP contribution in [0.5, 0.6) is 0 Å². The van der Waals surface area contributed by atoms with E-state index in [9.17, 15) is 28.8 Å². The molecule has 3 rings (SSSR count). The van der Waals surface area contributed by atoms with E-state index >= 15 is 0 Å². The molecule has 2 heterocycles. The standard InChI is InChI=1S/C28H38N4O11/c33-22(7-8-24(35)36)30-9-2-11-40-13-15-42-17-18-43-16-14-41-12-10-29-20-4-1-3-19-25(20)28(39)32(27(19)38)21-5-6-23(34)31-26(21)37/h1,3-4,21,29H,2,5-18H2,(H,30,33)(H,35,36)(H,31,34,37). The number of carbonyl (C=O) groups is 6. The lowest BCUT2D eigenvalue weighted by molar-refractivity contribution is -0.139. The molecule has 1 atom stereocenters. The van der Waals surface area contributed by atoms with Gasteiger partial charge in [-0.15, -0.1) is 0 Å². The zero-order chi connectivity index (χ0) is 31.0. The molecule has 1 aromatic rings. The van der Waals surface area contributed by atoms with Gasteiger partial charge in [0.2, 0.25) is 17.7 Å².